The highest BCUT2D eigenvalue weighted by Gasteiger charge is 2.39. The zero-order chi connectivity index (χ0) is 30.9. The number of nitrogens with one attached hydrogen (secondary N) is 1. The molecule has 13 heteroatoms. The van der Waals surface area contributed by atoms with Crippen molar-refractivity contribution in [1.29, 1.82) is 0 Å². The normalized spacial score (nSPS) is 13.4. The maximum Gasteiger partial charge on any atom is 0.435 e. The van der Waals surface area contributed by atoms with Gasteiger partial charge in [0.05, 0.1) is 17.3 Å². The first-order chi connectivity index (χ1) is 20.4. The van der Waals surface area contributed by atoms with E-state index in [1.807, 2.05) is 0 Å². The number of primary amides is 1. The van der Waals surface area contributed by atoms with Crippen molar-refractivity contribution in [3.63, 3.8) is 0 Å². The third kappa shape index (κ3) is 6.45. The van der Waals surface area contributed by atoms with E-state index in [0.717, 1.165) is 22.9 Å². The molecule has 2 aromatic carbocycles. The molecule has 5 rings (SSSR count). The van der Waals surface area contributed by atoms with Crippen LogP contribution in [0.25, 0.3) is 17.2 Å². The van der Waals surface area contributed by atoms with Gasteiger partial charge in [0.25, 0.3) is 5.91 Å². The van der Waals surface area contributed by atoms with Gasteiger partial charge in [-0.25, -0.2) is 13.2 Å². The summed E-state index contributed by atoms with van der Waals surface area (Å²) < 4.78 is 84.2. The van der Waals surface area contributed by atoms with Crippen LogP contribution in [0.4, 0.5) is 26.3 Å². The van der Waals surface area contributed by atoms with Gasteiger partial charge in [0.1, 0.15) is 24.0 Å². The summed E-state index contributed by atoms with van der Waals surface area (Å²) in [7, 11) is 0. The molecule has 43 heavy (non-hydrogen) atoms. The Kier molecular flexibility index (Phi) is 8.07. The number of carbonyl (C=O) groups excluding carboxylic acids is 2. The molecule has 0 saturated carbocycles. The minimum absolute atomic E-state index is 0.105. The van der Waals surface area contributed by atoms with E-state index in [4.69, 9.17) is 5.73 Å². The monoisotopic (exact) mass is 599 g/mol. The molecule has 2 heterocycles. The van der Waals surface area contributed by atoms with Crippen molar-refractivity contribution in [2.24, 2.45) is 5.73 Å². The number of amides is 2. The molecule has 4 aromatic rings. The first kappa shape index (κ1) is 29.5. The zero-order valence-corrected chi connectivity index (χ0v) is 22.3. The highest BCUT2D eigenvalue weighted by molar-refractivity contribution is 5.94. The van der Waals surface area contributed by atoms with E-state index in [0.29, 0.717) is 23.6 Å². The second kappa shape index (κ2) is 11.7. The van der Waals surface area contributed by atoms with E-state index in [9.17, 15) is 35.9 Å². The summed E-state index contributed by atoms with van der Waals surface area (Å²) in [5, 5.41) is 6.39. The molecule has 7 nitrogen and oxygen atoms in total. The first-order valence-corrected chi connectivity index (χ1v) is 13.0. The molecule has 0 radical (unpaired) electrons. The van der Waals surface area contributed by atoms with Gasteiger partial charge in [-0.3, -0.25) is 19.3 Å². The third-order valence-corrected chi connectivity index (χ3v) is 6.90. The number of hydrogen-bond acceptors (Lipinski definition) is 4. The van der Waals surface area contributed by atoms with Gasteiger partial charge in [-0.2, -0.15) is 18.3 Å². The number of carbonyl (C=O) groups is 2. The van der Waals surface area contributed by atoms with Crippen molar-refractivity contribution in [2.45, 2.75) is 38.0 Å². The number of allylic oxidation sites excluding steroid dienone is 1. The number of pyridine rings is 1. The number of alkyl halides is 3. The highest BCUT2D eigenvalue weighted by Crippen LogP contribution is 2.35. The van der Waals surface area contributed by atoms with Crippen LogP contribution in [0.3, 0.4) is 0 Å². The van der Waals surface area contributed by atoms with Crippen molar-refractivity contribution >= 4 is 17.9 Å². The minimum Gasteiger partial charge on any atom is -0.366 e. The molecule has 0 spiro atoms. The first-order valence-electron chi connectivity index (χ1n) is 13.0. The van der Waals surface area contributed by atoms with E-state index in [-0.39, 0.29) is 35.4 Å². The molecular weight excluding hydrogens is 576 g/mol. The van der Waals surface area contributed by atoms with Crippen LogP contribution in [0, 0.1) is 17.5 Å². The molecular formula is C30H23F6N5O2. The Morgan fingerprint density at radius 3 is 2.49 bits per heavy atom. The average Bonchev–Trinajstić information content (AvgIpc) is 3.31. The number of nitrogens with two attached hydrogens (primary N) is 1. The zero-order valence-electron chi connectivity index (χ0n) is 22.3. The summed E-state index contributed by atoms with van der Waals surface area (Å²) >= 11 is 0. The lowest BCUT2D eigenvalue weighted by atomic mass is 9.94. The fraction of sp³-hybridized carbons (Fsp3) is 0.200. The summed E-state index contributed by atoms with van der Waals surface area (Å²) in [5.74, 6) is -4.33. The van der Waals surface area contributed by atoms with Crippen molar-refractivity contribution < 1.29 is 35.9 Å². The standard InChI is InChI=1S/C30H23F6N5O2/c31-18-10-16(11-19(32)14-18)12-24(27-20(5-3-9-38-27)17-7-8-23(33)22(13-17)29(37)43)39-26(42)15-41-25-6-2-1-4-21(25)28(40-41)30(34,35)36/h1,3-5,7-11,13-14,24H,2,6,12,15H2,(H2,37,43)(H,39,42). The minimum atomic E-state index is -4.74. The van der Waals surface area contributed by atoms with Crippen LogP contribution in [-0.2, 0) is 30.4 Å². The smallest absolute Gasteiger partial charge is 0.366 e. The van der Waals surface area contributed by atoms with E-state index in [2.05, 4.69) is 15.4 Å². The molecule has 0 bridgehead atoms. The Morgan fingerprint density at radius 2 is 1.79 bits per heavy atom. The number of aromatic nitrogens is 3. The van der Waals surface area contributed by atoms with E-state index >= 15 is 0 Å². The molecule has 1 aliphatic carbocycles. The average molecular weight is 600 g/mol. The topological polar surface area (TPSA) is 103 Å². The lowest BCUT2D eigenvalue weighted by Gasteiger charge is -2.22. The second-order valence-corrected chi connectivity index (χ2v) is 9.90. The van der Waals surface area contributed by atoms with Crippen LogP contribution in [0.5, 0.6) is 0 Å². The lowest BCUT2D eigenvalue weighted by Crippen LogP contribution is -2.34. The summed E-state index contributed by atoms with van der Waals surface area (Å²) in [6.45, 7) is -0.579. The molecule has 2 amide bonds. The molecule has 0 aliphatic heterocycles. The van der Waals surface area contributed by atoms with Gasteiger partial charge in [-0.1, -0.05) is 24.3 Å². The third-order valence-electron chi connectivity index (χ3n) is 6.90. The largest absolute Gasteiger partial charge is 0.435 e. The van der Waals surface area contributed by atoms with Crippen LogP contribution in [-0.4, -0.2) is 26.6 Å². The molecule has 222 valence electrons. The predicted molar refractivity (Wildman–Crippen MR) is 144 cm³/mol. The van der Waals surface area contributed by atoms with Crippen molar-refractivity contribution in [3.05, 3.63) is 112 Å². The molecule has 1 unspecified atom stereocenters. The number of fused-ring (bicyclic) bond motifs is 1. The van der Waals surface area contributed by atoms with Gasteiger partial charge in [-0.15, -0.1) is 0 Å². The van der Waals surface area contributed by atoms with Crippen LogP contribution in [0.2, 0.25) is 0 Å². The summed E-state index contributed by atoms with van der Waals surface area (Å²) in [6, 6.07) is 8.49. The number of hydrogen-bond donors (Lipinski definition) is 2. The molecule has 3 N–H and O–H groups in total. The van der Waals surface area contributed by atoms with Crippen LogP contribution < -0.4 is 11.1 Å². The molecule has 1 atom stereocenters. The number of halogens is 6. The fourth-order valence-electron chi connectivity index (χ4n) is 5.09. The van der Waals surface area contributed by atoms with Gasteiger partial charge in [-0.05, 0) is 60.7 Å². The molecule has 0 saturated heterocycles. The van der Waals surface area contributed by atoms with Crippen LogP contribution >= 0.6 is 0 Å². The SMILES string of the molecule is NC(=O)c1cc(-c2cccnc2C(Cc2cc(F)cc(F)c2)NC(=O)Cn2nc(C(F)(F)F)c3c2CCC=C3)ccc1F. The number of rotatable bonds is 8. The molecule has 2 aromatic heterocycles. The lowest BCUT2D eigenvalue weighted by molar-refractivity contribution is -0.142. The van der Waals surface area contributed by atoms with Crippen LogP contribution in [0.1, 0.15) is 51.0 Å². The Balaban J connectivity index is 1.53. The Hall–Kier alpha value is -4.94. The molecule has 0 fully saturated rings. The van der Waals surface area contributed by atoms with E-state index in [1.54, 1.807) is 18.2 Å². The second-order valence-electron chi connectivity index (χ2n) is 9.90. The molecule has 1 aliphatic rings. The quantitative estimate of drug-likeness (QED) is 0.260. The van der Waals surface area contributed by atoms with Crippen LogP contribution in [0.15, 0.2) is 60.8 Å². The van der Waals surface area contributed by atoms with Gasteiger partial charge < -0.3 is 11.1 Å². The van der Waals surface area contributed by atoms with Gasteiger partial charge in [0, 0.05) is 29.1 Å². The maximum absolute atomic E-state index is 14.2. The van der Waals surface area contributed by atoms with Gasteiger partial charge >= 0.3 is 6.18 Å². The Labute approximate surface area is 241 Å². The number of benzene rings is 2. The summed E-state index contributed by atoms with van der Waals surface area (Å²) in [6.07, 6.45) is 0.113. The Bertz CT molecular complexity index is 1730. The fourth-order valence-corrected chi connectivity index (χ4v) is 5.09. The van der Waals surface area contributed by atoms with Crippen molar-refractivity contribution in [2.75, 3.05) is 0 Å². The summed E-state index contributed by atoms with van der Waals surface area (Å²) in [5.41, 5.74) is 4.93. The van der Waals surface area contributed by atoms with Crippen molar-refractivity contribution in [3.8, 4) is 11.1 Å². The Morgan fingerprint density at radius 1 is 1.05 bits per heavy atom. The maximum atomic E-state index is 14.2. The number of nitrogens with zero attached hydrogens (tertiary/aromatic N) is 3. The highest BCUT2D eigenvalue weighted by atomic mass is 19.4. The van der Waals surface area contributed by atoms with E-state index < -0.39 is 59.3 Å². The summed E-state index contributed by atoms with van der Waals surface area (Å²) in [4.78, 5) is 29.5. The predicted octanol–water partition coefficient (Wildman–Crippen LogP) is 5.54. The van der Waals surface area contributed by atoms with Crippen molar-refractivity contribution in [1.82, 2.24) is 20.1 Å². The van der Waals surface area contributed by atoms with Gasteiger partial charge in [0.15, 0.2) is 5.69 Å². The van der Waals surface area contributed by atoms with E-state index in [1.165, 1.54) is 24.4 Å². The van der Waals surface area contributed by atoms with Gasteiger partial charge in [0.2, 0.25) is 5.91 Å².